The van der Waals surface area contributed by atoms with E-state index in [0.29, 0.717) is 12.5 Å². The summed E-state index contributed by atoms with van der Waals surface area (Å²) in [5, 5.41) is 2.81. The number of hydrogen-bond acceptors (Lipinski definition) is 3. The van der Waals surface area contributed by atoms with Crippen molar-refractivity contribution in [1.29, 1.82) is 0 Å². The third kappa shape index (κ3) is 4.42. The summed E-state index contributed by atoms with van der Waals surface area (Å²) in [5.74, 6) is 0.529. The fourth-order valence-corrected chi connectivity index (χ4v) is 0.559. The van der Waals surface area contributed by atoms with Crippen LogP contribution in [0.5, 0.6) is 0 Å². The van der Waals surface area contributed by atoms with Gasteiger partial charge in [-0.3, -0.25) is 4.79 Å². The van der Waals surface area contributed by atoms with E-state index in [9.17, 15) is 4.79 Å². The molecule has 0 aromatic heterocycles. The molecule has 0 spiro atoms. The molecule has 1 N–H and O–H groups in total. The molecule has 0 amide bonds. The summed E-state index contributed by atoms with van der Waals surface area (Å²) < 4.78 is 5.00. The average Bonchev–Trinajstić information content (AvgIpc) is 1.87. The molecule has 0 aliphatic heterocycles. The second-order valence-electron chi connectivity index (χ2n) is 2.33. The summed E-state index contributed by atoms with van der Waals surface area (Å²) in [6, 6.07) is -0.214. The van der Waals surface area contributed by atoms with Gasteiger partial charge in [-0.1, -0.05) is 0 Å². The molecular weight excluding hydrogens is 142 g/mol. The fourth-order valence-electron chi connectivity index (χ4n) is 0.559. The van der Waals surface area contributed by atoms with E-state index in [2.05, 4.69) is 11.9 Å². The molecule has 0 aliphatic carbocycles. The van der Waals surface area contributed by atoms with Gasteiger partial charge in [-0.25, -0.2) is 0 Å². The molecule has 11 heavy (non-hydrogen) atoms. The number of Topliss-reactive ketones (excluding diaryl/α,β-unsaturated/α-hetero) is 1. The maximum Gasteiger partial charge on any atom is 0.179 e. The van der Waals surface area contributed by atoms with Crippen LogP contribution >= 0.6 is 0 Å². The first-order valence-electron chi connectivity index (χ1n) is 3.66. The van der Waals surface area contributed by atoms with Gasteiger partial charge < -0.3 is 10.1 Å². The zero-order valence-corrected chi connectivity index (χ0v) is 7.31. The topological polar surface area (TPSA) is 38.3 Å². The largest absolute Gasteiger partial charge is 0.480 e. The van der Waals surface area contributed by atoms with Crippen LogP contribution in [-0.2, 0) is 9.53 Å². The smallest absolute Gasteiger partial charge is 0.179 e. The lowest BCUT2D eigenvalue weighted by molar-refractivity contribution is -0.118. The van der Waals surface area contributed by atoms with E-state index in [-0.39, 0.29) is 11.8 Å². The summed E-state index contributed by atoms with van der Waals surface area (Å²) in [6.07, 6.45) is 0. The van der Waals surface area contributed by atoms with Gasteiger partial charge in [-0.15, -0.1) is 0 Å². The van der Waals surface area contributed by atoms with Crippen LogP contribution in [0.2, 0.25) is 0 Å². The van der Waals surface area contributed by atoms with E-state index in [1.165, 1.54) is 6.92 Å². The van der Waals surface area contributed by atoms with Crippen molar-refractivity contribution in [3.63, 3.8) is 0 Å². The fraction of sp³-hybridized carbons (Fsp3) is 0.625. The summed E-state index contributed by atoms with van der Waals surface area (Å²) in [7, 11) is 0. The summed E-state index contributed by atoms with van der Waals surface area (Å²) in [5.41, 5.74) is 0. The Morgan fingerprint density at radius 3 is 2.64 bits per heavy atom. The molecule has 3 heteroatoms. The van der Waals surface area contributed by atoms with Crippen LogP contribution in [-0.4, -0.2) is 18.4 Å². The molecule has 0 aromatic carbocycles. The van der Waals surface area contributed by atoms with Crippen LogP contribution in [0.3, 0.4) is 0 Å². The molecule has 64 valence electrons. The Kier molecular flexibility index (Phi) is 4.34. The minimum atomic E-state index is -0.214. The third-order valence-corrected chi connectivity index (χ3v) is 1.31. The predicted molar refractivity (Wildman–Crippen MR) is 44.0 cm³/mol. The Labute approximate surface area is 67.4 Å². The Bertz CT molecular complexity index is 154. The van der Waals surface area contributed by atoms with Crippen molar-refractivity contribution in [1.82, 2.24) is 5.32 Å². The van der Waals surface area contributed by atoms with E-state index >= 15 is 0 Å². The number of ketones is 1. The highest BCUT2D eigenvalue weighted by atomic mass is 16.5. The molecule has 0 radical (unpaired) electrons. The molecule has 1 unspecified atom stereocenters. The van der Waals surface area contributed by atoms with Crippen molar-refractivity contribution < 1.29 is 9.53 Å². The molecule has 0 heterocycles. The predicted octanol–water partition coefficient (Wildman–Crippen LogP) is 1.06. The average molecular weight is 157 g/mol. The highest BCUT2D eigenvalue weighted by Crippen LogP contribution is 1.91. The Hall–Kier alpha value is -0.990. The minimum Gasteiger partial charge on any atom is -0.480 e. The van der Waals surface area contributed by atoms with Gasteiger partial charge in [0.1, 0.15) is 0 Å². The maximum absolute atomic E-state index is 10.7. The standard InChI is InChI=1S/C8H15NO2/c1-5-11-8(4)9-6(2)7(3)10/h6,9H,4-5H2,1-3H3. The van der Waals surface area contributed by atoms with Crippen LogP contribution in [0.15, 0.2) is 12.5 Å². The lowest BCUT2D eigenvalue weighted by Crippen LogP contribution is -2.32. The Morgan fingerprint density at radius 2 is 2.27 bits per heavy atom. The van der Waals surface area contributed by atoms with Gasteiger partial charge in [-0.05, 0) is 27.4 Å². The van der Waals surface area contributed by atoms with Gasteiger partial charge in [0.2, 0.25) is 0 Å². The van der Waals surface area contributed by atoms with E-state index in [1.807, 2.05) is 6.92 Å². The molecule has 0 aromatic rings. The number of carbonyl (C=O) groups excluding carboxylic acids is 1. The molecule has 0 bridgehead atoms. The van der Waals surface area contributed by atoms with Crippen LogP contribution in [0, 0.1) is 0 Å². The van der Waals surface area contributed by atoms with Gasteiger partial charge in [-0.2, -0.15) is 0 Å². The van der Waals surface area contributed by atoms with E-state index in [1.54, 1.807) is 6.92 Å². The molecule has 0 rings (SSSR count). The number of carbonyl (C=O) groups is 1. The summed E-state index contributed by atoms with van der Waals surface area (Å²) in [4.78, 5) is 10.7. The van der Waals surface area contributed by atoms with E-state index in [4.69, 9.17) is 4.74 Å². The van der Waals surface area contributed by atoms with Crippen molar-refractivity contribution in [2.75, 3.05) is 6.61 Å². The van der Waals surface area contributed by atoms with E-state index in [0.717, 1.165) is 0 Å². The number of nitrogens with one attached hydrogen (secondary N) is 1. The Morgan fingerprint density at radius 1 is 1.73 bits per heavy atom. The van der Waals surface area contributed by atoms with Crippen molar-refractivity contribution in [2.45, 2.75) is 26.8 Å². The Balaban J connectivity index is 3.66. The van der Waals surface area contributed by atoms with Crippen molar-refractivity contribution in [3.05, 3.63) is 12.5 Å². The SMILES string of the molecule is C=C(NC(C)C(C)=O)OCC. The monoisotopic (exact) mass is 157 g/mol. The lowest BCUT2D eigenvalue weighted by Gasteiger charge is -2.13. The molecule has 0 saturated heterocycles. The minimum absolute atomic E-state index is 0.0749. The maximum atomic E-state index is 10.7. The second kappa shape index (κ2) is 4.77. The van der Waals surface area contributed by atoms with Crippen molar-refractivity contribution in [3.8, 4) is 0 Å². The quantitative estimate of drug-likeness (QED) is 0.606. The summed E-state index contributed by atoms with van der Waals surface area (Å²) in [6.45, 7) is 9.31. The molecule has 0 fully saturated rings. The lowest BCUT2D eigenvalue weighted by atomic mass is 10.2. The highest BCUT2D eigenvalue weighted by Gasteiger charge is 2.06. The van der Waals surface area contributed by atoms with Gasteiger partial charge in [0.25, 0.3) is 0 Å². The molecule has 0 saturated carbocycles. The van der Waals surface area contributed by atoms with Crippen molar-refractivity contribution >= 4 is 5.78 Å². The molecular formula is C8H15NO2. The normalized spacial score (nSPS) is 11.9. The van der Waals surface area contributed by atoms with Crippen LogP contribution in [0.4, 0.5) is 0 Å². The molecule has 1 atom stereocenters. The number of rotatable bonds is 5. The summed E-state index contributed by atoms with van der Waals surface area (Å²) >= 11 is 0. The first-order chi connectivity index (χ1) is 5.07. The van der Waals surface area contributed by atoms with Crippen molar-refractivity contribution in [2.24, 2.45) is 0 Å². The third-order valence-electron chi connectivity index (χ3n) is 1.31. The zero-order valence-electron chi connectivity index (χ0n) is 7.31. The first kappa shape index (κ1) is 10.0. The van der Waals surface area contributed by atoms with Gasteiger partial charge in [0.05, 0.1) is 12.6 Å². The van der Waals surface area contributed by atoms with Gasteiger partial charge >= 0.3 is 0 Å². The zero-order chi connectivity index (χ0) is 8.85. The van der Waals surface area contributed by atoms with Crippen LogP contribution in [0.1, 0.15) is 20.8 Å². The number of hydrogen-bond donors (Lipinski definition) is 1. The second-order valence-corrected chi connectivity index (χ2v) is 2.33. The van der Waals surface area contributed by atoms with Crippen LogP contribution in [0.25, 0.3) is 0 Å². The highest BCUT2D eigenvalue weighted by molar-refractivity contribution is 5.81. The van der Waals surface area contributed by atoms with Gasteiger partial charge in [0.15, 0.2) is 11.7 Å². The molecule has 0 aliphatic rings. The molecule has 3 nitrogen and oxygen atoms in total. The van der Waals surface area contributed by atoms with Gasteiger partial charge in [0, 0.05) is 0 Å². The van der Waals surface area contributed by atoms with E-state index < -0.39 is 0 Å². The van der Waals surface area contributed by atoms with Crippen LogP contribution < -0.4 is 5.32 Å². The first-order valence-corrected chi connectivity index (χ1v) is 3.66. The number of ether oxygens (including phenoxy) is 1.